The van der Waals surface area contributed by atoms with E-state index in [0.29, 0.717) is 17.9 Å². The lowest BCUT2D eigenvalue weighted by molar-refractivity contribution is -0.116. The zero-order chi connectivity index (χ0) is 10.1. The lowest BCUT2D eigenvalue weighted by Crippen LogP contribution is -1.97. The summed E-state index contributed by atoms with van der Waals surface area (Å²) in [5.74, 6) is 0.787. The smallest absolute Gasteiger partial charge is 0.137 e. The number of nitrogens with zero attached hydrogens (tertiary/aromatic N) is 1. The molecule has 0 aliphatic heterocycles. The third-order valence-corrected chi connectivity index (χ3v) is 1.97. The second-order valence-electron chi connectivity index (χ2n) is 3.34. The number of fused-ring (bicyclic) bond motifs is 1. The average molecular weight is 189 g/mol. The molecule has 0 aliphatic carbocycles. The van der Waals surface area contributed by atoms with Crippen LogP contribution in [0.3, 0.4) is 0 Å². The summed E-state index contributed by atoms with van der Waals surface area (Å²) in [4.78, 5) is 18.2. The highest BCUT2D eigenvalue weighted by molar-refractivity contribution is 5.81. The molecule has 0 fully saturated rings. The number of H-pyrrole nitrogens is 1. The number of aromatic nitrogens is 2. The monoisotopic (exact) mass is 189 g/mol. The van der Waals surface area contributed by atoms with Crippen LogP contribution in [0.4, 0.5) is 5.69 Å². The van der Waals surface area contributed by atoms with Crippen LogP contribution in [-0.4, -0.2) is 15.8 Å². The van der Waals surface area contributed by atoms with Gasteiger partial charge in [-0.2, -0.15) is 0 Å². The van der Waals surface area contributed by atoms with Gasteiger partial charge in [-0.3, -0.25) is 4.79 Å². The van der Waals surface area contributed by atoms with Crippen LogP contribution in [0.15, 0.2) is 18.2 Å². The number of nitrogens with two attached hydrogens (primary N) is 1. The van der Waals surface area contributed by atoms with Gasteiger partial charge in [0.25, 0.3) is 0 Å². The van der Waals surface area contributed by atoms with Crippen molar-refractivity contribution in [3.63, 3.8) is 0 Å². The fourth-order valence-electron chi connectivity index (χ4n) is 1.40. The molecule has 3 N–H and O–H groups in total. The number of Topliss-reactive ketones (excluding diaryl/α,β-unsaturated/α-hetero) is 1. The Morgan fingerprint density at radius 2 is 2.36 bits per heavy atom. The molecule has 0 saturated carbocycles. The third-order valence-electron chi connectivity index (χ3n) is 1.97. The number of carbonyl (C=O) groups excluding carboxylic acids is 1. The van der Waals surface area contributed by atoms with E-state index in [1.54, 1.807) is 13.0 Å². The zero-order valence-electron chi connectivity index (χ0n) is 7.87. The van der Waals surface area contributed by atoms with Gasteiger partial charge in [0.05, 0.1) is 17.5 Å². The SMILES string of the molecule is CC(=O)Cc1nc2ccc(N)cc2[nH]1. The summed E-state index contributed by atoms with van der Waals surface area (Å²) < 4.78 is 0. The van der Waals surface area contributed by atoms with Crippen LogP contribution in [0, 0.1) is 0 Å². The number of ketones is 1. The maximum atomic E-state index is 10.9. The van der Waals surface area contributed by atoms with Crippen LogP contribution in [0.25, 0.3) is 11.0 Å². The number of imidazole rings is 1. The summed E-state index contributed by atoms with van der Waals surface area (Å²) in [5.41, 5.74) is 8.03. The Balaban J connectivity index is 2.46. The lowest BCUT2D eigenvalue weighted by Gasteiger charge is -1.89. The van der Waals surface area contributed by atoms with Crippen LogP contribution in [-0.2, 0) is 11.2 Å². The van der Waals surface area contributed by atoms with Crippen molar-refractivity contribution in [2.24, 2.45) is 0 Å². The quantitative estimate of drug-likeness (QED) is 0.699. The maximum absolute atomic E-state index is 10.9. The van der Waals surface area contributed by atoms with Gasteiger partial charge >= 0.3 is 0 Å². The highest BCUT2D eigenvalue weighted by atomic mass is 16.1. The van der Waals surface area contributed by atoms with E-state index in [1.165, 1.54) is 0 Å². The van der Waals surface area contributed by atoms with Crippen LogP contribution < -0.4 is 5.73 Å². The maximum Gasteiger partial charge on any atom is 0.137 e. The molecule has 1 aromatic carbocycles. The topological polar surface area (TPSA) is 71.8 Å². The van der Waals surface area contributed by atoms with E-state index in [-0.39, 0.29) is 5.78 Å². The van der Waals surface area contributed by atoms with Gasteiger partial charge in [0.2, 0.25) is 0 Å². The highest BCUT2D eigenvalue weighted by Crippen LogP contribution is 2.14. The molecule has 1 aromatic heterocycles. The minimum atomic E-state index is 0.0945. The first-order chi connectivity index (χ1) is 6.65. The van der Waals surface area contributed by atoms with E-state index in [1.807, 2.05) is 12.1 Å². The van der Waals surface area contributed by atoms with Crippen molar-refractivity contribution >= 4 is 22.5 Å². The molecule has 0 bridgehead atoms. The van der Waals surface area contributed by atoms with Gasteiger partial charge in [-0.15, -0.1) is 0 Å². The molecule has 0 radical (unpaired) electrons. The van der Waals surface area contributed by atoms with E-state index in [0.717, 1.165) is 11.0 Å². The van der Waals surface area contributed by atoms with Crippen molar-refractivity contribution in [3.05, 3.63) is 24.0 Å². The van der Waals surface area contributed by atoms with Gasteiger partial charge in [0, 0.05) is 5.69 Å². The number of nitrogens with one attached hydrogen (secondary N) is 1. The van der Waals surface area contributed by atoms with Crippen molar-refractivity contribution in [1.29, 1.82) is 0 Å². The Labute approximate surface area is 81.1 Å². The predicted molar refractivity (Wildman–Crippen MR) is 54.9 cm³/mol. The van der Waals surface area contributed by atoms with Gasteiger partial charge in [-0.25, -0.2) is 4.98 Å². The molecule has 0 aliphatic rings. The minimum absolute atomic E-state index is 0.0945. The lowest BCUT2D eigenvalue weighted by atomic mass is 10.3. The van der Waals surface area contributed by atoms with E-state index >= 15 is 0 Å². The largest absolute Gasteiger partial charge is 0.399 e. The second-order valence-corrected chi connectivity index (χ2v) is 3.34. The van der Waals surface area contributed by atoms with Crippen LogP contribution in [0.1, 0.15) is 12.7 Å². The number of benzene rings is 1. The normalized spacial score (nSPS) is 10.6. The van der Waals surface area contributed by atoms with Crippen molar-refractivity contribution in [1.82, 2.24) is 9.97 Å². The number of rotatable bonds is 2. The van der Waals surface area contributed by atoms with Gasteiger partial charge in [-0.05, 0) is 25.1 Å². The summed E-state index contributed by atoms with van der Waals surface area (Å²) in [6.07, 6.45) is 0.342. The third kappa shape index (κ3) is 1.59. The number of hydrogen-bond acceptors (Lipinski definition) is 3. The molecule has 4 nitrogen and oxygen atoms in total. The number of nitrogen functional groups attached to an aromatic ring is 1. The summed E-state index contributed by atoms with van der Waals surface area (Å²) >= 11 is 0. The van der Waals surface area contributed by atoms with Crippen LogP contribution in [0.2, 0.25) is 0 Å². The molecule has 72 valence electrons. The molecular formula is C10H11N3O. The minimum Gasteiger partial charge on any atom is -0.399 e. The van der Waals surface area contributed by atoms with E-state index in [2.05, 4.69) is 9.97 Å². The van der Waals surface area contributed by atoms with Crippen molar-refractivity contribution < 1.29 is 4.79 Å². The fourth-order valence-corrected chi connectivity index (χ4v) is 1.40. The first kappa shape index (κ1) is 8.74. The molecule has 2 rings (SSSR count). The molecule has 4 heteroatoms. The molecule has 1 heterocycles. The zero-order valence-corrected chi connectivity index (χ0v) is 7.87. The molecule has 14 heavy (non-hydrogen) atoms. The number of aromatic amines is 1. The standard InChI is InChI=1S/C10H11N3O/c1-6(14)4-10-12-8-3-2-7(11)5-9(8)13-10/h2-3,5H,4,11H2,1H3,(H,12,13). The summed E-state index contributed by atoms with van der Waals surface area (Å²) in [7, 11) is 0. The van der Waals surface area contributed by atoms with Crippen LogP contribution >= 0.6 is 0 Å². The van der Waals surface area contributed by atoms with Crippen molar-refractivity contribution in [2.75, 3.05) is 5.73 Å². The molecule has 0 saturated heterocycles. The van der Waals surface area contributed by atoms with Crippen molar-refractivity contribution in [3.8, 4) is 0 Å². The predicted octanol–water partition coefficient (Wildman–Crippen LogP) is 1.28. The Bertz CT molecular complexity index is 487. The second kappa shape index (κ2) is 3.14. The Hall–Kier alpha value is -1.84. The number of carbonyl (C=O) groups is 1. The molecule has 0 unspecified atom stereocenters. The molecular weight excluding hydrogens is 178 g/mol. The molecule has 0 amide bonds. The van der Waals surface area contributed by atoms with E-state index in [9.17, 15) is 4.79 Å². The Morgan fingerprint density at radius 3 is 3.07 bits per heavy atom. The van der Waals surface area contributed by atoms with Gasteiger partial charge < -0.3 is 10.7 Å². The number of hydrogen-bond donors (Lipinski definition) is 2. The fraction of sp³-hybridized carbons (Fsp3) is 0.200. The first-order valence-electron chi connectivity index (χ1n) is 4.39. The van der Waals surface area contributed by atoms with Gasteiger partial charge in [0.15, 0.2) is 0 Å². The Kier molecular flexibility index (Phi) is 1.96. The molecule has 2 aromatic rings. The first-order valence-corrected chi connectivity index (χ1v) is 4.39. The molecule has 0 atom stereocenters. The Morgan fingerprint density at radius 1 is 1.57 bits per heavy atom. The van der Waals surface area contributed by atoms with Gasteiger partial charge in [-0.1, -0.05) is 0 Å². The highest BCUT2D eigenvalue weighted by Gasteiger charge is 2.04. The van der Waals surface area contributed by atoms with E-state index < -0.39 is 0 Å². The summed E-state index contributed by atoms with van der Waals surface area (Å²) in [5, 5.41) is 0. The van der Waals surface area contributed by atoms with Crippen LogP contribution in [0.5, 0.6) is 0 Å². The summed E-state index contributed by atoms with van der Waals surface area (Å²) in [6, 6.07) is 5.44. The van der Waals surface area contributed by atoms with Gasteiger partial charge in [0.1, 0.15) is 11.6 Å². The number of anilines is 1. The summed E-state index contributed by atoms with van der Waals surface area (Å²) in [6.45, 7) is 1.54. The van der Waals surface area contributed by atoms with E-state index in [4.69, 9.17) is 5.73 Å². The molecule has 0 spiro atoms. The average Bonchev–Trinajstić information content (AvgIpc) is 2.44. The van der Waals surface area contributed by atoms with Crippen molar-refractivity contribution in [2.45, 2.75) is 13.3 Å².